The third-order valence-electron chi connectivity index (χ3n) is 13.2. The number of amides is 2. The van der Waals surface area contributed by atoms with Crippen molar-refractivity contribution in [2.24, 2.45) is 0 Å². The Bertz CT molecular complexity index is 2580. The molecule has 6 aromatic rings. The van der Waals surface area contributed by atoms with Crippen LogP contribution in [0.25, 0.3) is 33.6 Å². The molecule has 1 saturated heterocycles. The van der Waals surface area contributed by atoms with Gasteiger partial charge in [-0.15, -0.1) is 12.8 Å². The number of likely N-dealkylation sites (tertiary alicyclic amines) is 1. The standard InChI is InChI=1S/C53H62F2N8O2.C2H2/c1-6-60(7-2)48(38-18-12-10-13-19-38)51(64)62(35-53(5,54)55)34-46-56-33-44(57-46)37-27-25-36(26-28-37)40-29-30-42-41(32-40)22-16-23-43-47(42)59-50(58-43)45-24-17-31-63(45)52(65)49(61(8-3)9-4)39-20-14-11-15-21-39;1-2/h10-15,18-21,25-30,32-33,45,48-49H,6-9,16-17,22-24,31,34-35H2,1-5H3,(H,56,57)(H,58,59);1-2H/t45-,48+,49+;/m0./s1. The summed E-state index contributed by atoms with van der Waals surface area (Å²) in [6.07, 6.45) is 14.3. The minimum Gasteiger partial charge on any atom is -0.344 e. The molecule has 0 bridgehead atoms. The molecule has 2 aliphatic rings. The first-order chi connectivity index (χ1) is 32.5. The number of benzene rings is 4. The number of aromatic amines is 2. The number of imidazole rings is 2. The Morgan fingerprint density at radius 3 is 2.00 bits per heavy atom. The molecule has 3 atom stereocenters. The molecular weight excluding hydrogens is 843 g/mol. The fraction of sp³-hybridized carbons (Fsp3) is 0.382. The maximum absolute atomic E-state index is 14.6. The van der Waals surface area contributed by atoms with Crippen molar-refractivity contribution in [1.82, 2.24) is 39.5 Å². The highest BCUT2D eigenvalue weighted by Gasteiger charge is 2.39. The largest absolute Gasteiger partial charge is 0.344 e. The molecule has 1 aliphatic carbocycles. The summed E-state index contributed by atoms with van der Waals surface area (Å²) >= 11 is 0. The van der Waals surface area contributed by atoms with Crippen LogP contribution in [-0.4, -0.2) is 96.5 Å². The molecule has 350 valence electrons. The van der Waals surface area contributed by atoms with Crippen molar-refractivity contribution < 1.29 is 18.4 Å². The number of nitrogens with zero attached hydrogens (tertiary/aromatic N) is 6. The summed E-state index contributed by atoms with van der Waals surface area (Å²) in [7, 11) is 0. The van der Waals surface area contributed by atoms with E-state index in [0.717, 1.165) is 108 Å². The molecule has 0 spiro atoms. The van der Waals surface area contributed by atoms with E-state index in [1.54, 1.807) is 6.20 Å². The van der Waals surface area contributed by atoms with Gasteiger partial charge in [0.25, 0.3) is 5.92 Å². The van der Waals surface area contributed by atoms with Crippen molar-refractivity contribution in [3.63, 3.8) is 0 Å². The summed E-state index contributed by atoms with van der Waals surface area (Å²) in [4.78, 5) is 53.0. The minimum atomic E-state index is -3.10. The summed E-state index contributed by atoms with van der Waals surface area (Å²) in [6, 6.07) is 33.2. The highest BCUT2D eigenvalue weighted by molar-refractivity contribution is 5.85. The number of halogens is 2. The van der Waals surface area contributed by atoms with E-state index in [0.29, 0.717) is 25.5 Å². The average molecular weight is 907 g/mol. The fourth-order valence-electron chi connectivity index (χ4n) is 9.93. The monoisotopic (exact) mass is 907 g/mol. The van der Waals surface area contributed by atoms with Crippen LogP contribution in [0.4, 0.5) is 8.78 Å². The van der Waals surface area contributed by atoms with Gasteiger partial charge in [0, 0.05) is 24.7 Å². The molecule has 1 aliphatic heterocycles. The van der Waals surface area contributed by atoms with Crippen molar-refractivity contribution in [3.8, 4) is 46.5 Å². The van der Waals surface area contributed by atoms with Crippen LogP contribution < -0.4 is 0 Å². The highest BCUT2D eigenvalue weighted by atomic mass is 19.3. The van der Waals surface area contributed by atoms with Gasteiger partial charge in [-0.3, -0.25) is 19.4 Å². The maximum Gasteiger partial charge on any atom is 0.262 e. The van der Waals surface area contributed by atoms with Gasteiger partial charge in [-0.25, -0.2) is 18.7 Å². The first-order valence-electron chi connectivity index (χ1n) is 23.7. The molecule has 12 heteroatoms. The number of aryl methyl sites for hydroxylation is 2. The Morgan fingerprint density at radius 2 is 1.37 bits per heavy atom. The number of H-pyrrole nitrogens is 2. The number of fused-ring (bicyclic) bond motifs is 3. The molecular formula is C55H64F2N8O2. The number of alkyl halides is 2. The number of carbonyl (C=O) groups is 2. The van der Waals surface area contributed by atoms with Crippen molar-refractivity contribution in [2.75, 3.05) is 39.3 Å². The van der Waals surface area contributed by atoms with E-state index in [4.69, 9.17) is 4.98 Å². The number of hydrogen-bond acceptors (Lipinski definition) is 6. The van der Waals surface area contributed by atoms with Gasteiger partial charge in [-0.05, 0) is 91.7 Å². The smallest absolute Gasteiger partial charge is 0.262 e. The summed E-state index contributed by atoms with van der Waals surface area (Å²) in [5, 5.41) is 0. The van der Waals surface area contributed by atoms with Crippen LogP contribution >= 0.6 is 0 Å². The molecule has 4 aromatic carbocycles. The van der Waals surface area contributed by atoms with Crippen LogP contribution in [0.5, 0.6) is 0 Å². The van der Waals surface area contributed by atoms with Gasteiger partial charge in [-0.1, -0.05) is 131 Å². The van der Waals surface area contributed by atoms with Crippen LogP contribution in [-0.2, 0) is 29.0 Å². The van der Waals surface area contributed by atoms with Crippen molar-refractivity contribution >= 4 is 11.8 Å². The van der Waals surface area contributed by atoms with E-state index in [2.05, 4.69) is 93.9 Å². The lowest BCUT2D eigenvalue weighted by Crippen LogP contribution is -2.46. The highest BCUT2D eigenvalue weighted by Crippen LogP contribution is 2.39. The molecule has 3 heterocycles. The Labute approximate surface area is 394 Å². The fourth-order valence-corrected chi connectivity index (χ4v) is 9.93. The quantitative estimate of drug-likeness (QED) is 0.0884. The third kappa shape index (κ3) is 10.9. The van der Waals surface area contributed by atoms with Crippen LogP contribution in [0, 0.1) is 12.8 Å². The molecule has 2 N–H and O–H groups in total. The zero-order valence-electron chi connectivity index (χ0n) is 39.5. The van der Waals surface area contributed by atoms with Crippen molar-refractivity contribution in [3.05, 3.63) is 143 Å². The first kappa shape index (κ1) is 48.5. The second-order valence-electron chi connectivity index (χ2n) is 17.5. The van der Waals surface area contributed by atoms with E-state index in [1.807, 2.05) is 79.4 Å². The second kappa shape index (κ2) is 21.9. The zero-order valence-corrected chi connectivity index (χ0v) is 39.5. The Morgan fingerprint density at radius 1 is 0.776 bits per heavy atom. The number of aromatic nitrogens is 4. The summed E-state index contributed by atoms with van der Waals surface area (Å²) in [6.45, 7) is 11.7. The Hall–Kier alpha value is -6.42. The van der Waals surface area contributed by atoms with Gasteiger partial charge in [0.1, 0.15) is 23.7 Å². The molecule has 1 fully saturated rings. The van der Waals surface area contributed by atoms with E-state index < -0.39 is 18.5 Å². The topological polar surface area (TPSA) is 104 Å². The molecule has 0 unspecified atom stereocenters. The number of carbonyl (C=O) groups excluding carboxylic acids is 2. The molecule has 2 amide bonds. The first-order valence-corrected chi connectivity index (χ1v) is 23.7. The van der Waals surface area contributed by atoms with Gasteiger partial charge >= 0.3 is 0 Å². The normalized spacial score (nSPS) is 15.6. The van der Waals surface area contributed by atoms with E-state index >= 15 is 0 Å². The summed E-state index contributed by atoms with van der Waals surface area (Å²) < 4.78 is 29.3. The number of nitrogens with one attached hydrogen (secondary N) is 2. The summed E-state index contributed by atoms with van der Waals surface area (Å²) in [5.74, 6) is -2.03. The molecule has 2 aromatic heterocycles. The molecule has 8 rings (SSSR count). The molecule has 0 saturated carbocycles. The Kier molecular flexibility index (Phi) is 15.9. The van der Waals surface area contributed by atoms with Gasteiger partial charge in [0.2, 0.25) is 11.8 Å². The number of rotatable bonds is 17. The lowest BCUT2D eigenvalue weighted by Gasteiger charge is -2.34. The Balaban J connectivity index is 0.00000329. The molecule has 10 nitrogen and oxygen atoms in total. The maximum atomic E-state index is 14.6. The molecule has 67 heavy (non-hydrogen) atoms. The average Bonchev–Trinajstić information content (AvgIpc) is 4.12. The van der Waals surface area contributed by atoms with Gasteiger partial charge < -0.3 is 19.8 Å². The number of terminal acetylenes is 1. The molecule has 0 radical (unpaired) electrons. The van der Waals surface area contributed by atoms with Crippen LogP contribution in [0.15, 0.2) is 109 Å². The lowest BCUT2D eigenvalue weighted by atomic mass is 9.95. The predicted octanol–water partition coefficient (Wildman–Crippen LogP) is 10.7. The predicted molar refractivity (Wildman–Crippen MR) is 263 cm³/mol. The summed E-state index contributed by atoms with van der Waals surface area (Å²) in [5.41, 5.74) is 10.1. The van der Waals surface area contributed by atoms with E-state index in [-0.39, 0.29) is 30.4 Å². The van der Waals surface area contributed by atoms with Crippen LogP contribution in [0.1, 0.15) is 106 Å². The minimum absolute atomic E-state index is 0.0816. The van der Waals surface area contributed by atoms with Crippen LogP contribution in [0.2, 0.25) is 0 Å². The number of likely N-dealkylation sites (N-methyl/N-ethyl adjacent to an activating group) is 2. The van der Waals surface area contributed by atoms with Gasteiger partial charge in [0.15, 0.2) is 0 Å². The van der Waals surface area contributed by atoms with Gasteiger partial charge in [0.05, 0.1) is 36.7 Å². The van der Waals surface area contributed by atoms with E-state index in [9.17, 15) is 18.4 Å². The number of hydrogen-bond donors (Lipinski definition) is 2. The lowest BCUT2D eigenvalue weighted by molar-refractivity contribution is -0.143. The van der Waals surface area contributed by atoms with Crippen molar-refractivity contribution in [1.29, 1.82) is 0 Å². The van der Waals surface area contributed by atoms with Gasteiger partial charge in [-0.2, -0.15) is 0 Å². The third-order valence-corrected chi connectivity index (χ3v) is 13.2. The van der Waals surface area contributed by atoms with E-state index in [1.165, 1.54) is 10.5 Å². The second-order valence-corrected chi connectivity index (χ2v) is 17.5. The van der Waals surface area contributed by atoms with Crippen LogP contribution in [0.3, 0.4) is 0 Å². The van der Waals surface area contributed by atoms with Crippen molar-refractivity contribution in [2.45, 2.75) is 97.3 Å². The SMILES string of the molecule is C#C.CCN(CC)[C@@H](C(=O)N(Cc1ncc(-c2ccc(-c3ccc4c(c3)CCCc3[nH]c([C@@H]5CCCN5C(=O)[C@@H](c5ccccc5)N(CC)CC)nc3-4)cc2)[nH]1)CC(C)(F)F)c1ccccc1. The zero-order chi connectivity index (χ0) is 47.7.